The topological polar surface area (TPSA) is 111 Å². The maximum absolute atomic E-state index is 14.1. The molecule has 3 aromatic rings. The maximum Gasteiger partial charge on any atom is 0.345 e. The third kappa shape index (κ3) is 4.26. The van der Waals surface area contributed by atoms with Crippen LogP contribution in [0.25, 0.3) is 33.4 Å². The summed E-state index contributed by atoms with van der Waals surface area (Å²) in [7, 11) is -5.60. The average molecular weight is 562 g/mol. The first kappa shape index (κ1) is 25.9. The smallest absolute Gasteiger partial charge is 0.345 e. The monoisotopic (exact) mass is 562 g/mol. The Hall–Kier alpha value is -4.78. The zero-order valence-corrected chi connectivity index (χ0v) is 19.8. The Labute approximate surface area is 214 Å². The minimum atomic E-state index is -5.60. The standard InChI is InChI=1S/C26H11F5O7S/c27-20-21(28)23(30)25(24(31)22(20)29)39(35,36)38-12-6-8-16-18(10-12)37-17-9-11(32)5-7-15(17)19(16)13-3-1-2-4-14(13)26(33)34/h1-10H,(H,33,34). The summed E-state index contributed by atoms with van der Waals surface area (Å²) >= 11 is 0. The van der Waals surface area contributed by atoms with Gasteiger partial charge in [-0.25, -0.2) is 26.7 Å². The summed E-state index contributed by atoms with van der Waals surface area (Å²) in [6.07, 6.45) is 0. The van der Waals surface area contributed by atoms with E-state index in [2.05, 4.69) is 4.18 Å². The van der Waals surface area contributed by atoms with Gasteiger partial charge in [-0.15, -0.1) is 0 Å². The first-order chi connectivity index (χ1) is 18.4. The van der Waals surface area contributed by atoms with Crippen molar-refractivity contribution in [3.63, 3.8) is 0 Å². The number of carboxylic acid groups (broad SMARTS) is 1. The highest BCUT2D eigenvalue weighted by atomic mass is 32.2. The molecule has 1 aliphatic heterocycles. The summed E-state index contributed by atoms with van der Waals surface area (Å²) in [6.45, 7) is 0. The molecule has 0 unspecified atom stereocenters. The molecule has 0 amide bonds. The van der Waals surface area contributed by atoms with E-state index in [4.69, 9.17) is 4.42 Å². The minimum Gasteiger partial charge on any atom is -0.478 e. The summed E-state index contributed by atoms with van der Waals surface area (Å²) in [4.78, 5) is 21.7. The maximum atomic E-state index is 14.1. The lowest BCUT2D eigenvalue weighted by Gasteiger charge is -2.17. The molecule has 1 N–H and O–H groups in total. The third-order valence-corrected chi connectivity index (χ3v) is 6.99. The molecular formula is C26H11F5O7S. The predicted octanol–water partition coefficient (Wildman–Crippen LogP) is 5.73. The van der Waals surface area contributed by atoms with Crippen molar-refractivity contribution in [3.05, 3.63) is 106 Å². The molecule has 7 nitrogen and oxygen atoms in total. The van der Waals surface area contributed by atoms with Crippen LogP contribution in [0.4, 0.5) is 22.0 Å². The summed E-state index contributed by atoms with van der Waals surface area (Å²) in [5.41, 5.74) is 0.110. The second kappa shape index (κ2) is 9.20. The van der Waals surface area contributed by atoms with Crippen LogP contribution in [-0.2, 0) is 10.1 Å². The van der Waals surface area contributed by atoms with Gasteiger partial charge in [-0.3, -0.25) is 4.79 Å². The predicted molar refractivity (Wildman–Crippen MR) is 126 cm³/mol. The van der Waals surface area contributed by atoms with Crippen LogP contribution in [0.1, 0.15) is 10.4 Å². The SMILES string of the molecule is O=C(O)c1ccccc1-c1c2ccc(=O)cc-2oc2cc(OS(=O)(=O)c3c(F)c(F)c(F)c(F)c3F)ccc12. The van der Waals surface area contributed by atoms with E-state index in [1.807, 2.05) is 0 Å². The number of carbonyl (C=O) groups is 1. The summed E-state index contributed by atoms with van der Waals surface area (Å²) in [5, 5.41) is 9.92. The Morgan fingerprint density at radius 3 is 2.10 bits per heavy atom. The van der Waals surface area contributed by atoms with Crippen molar-refractivity contribution in [3.8, 4) is 28.2 Å². The molecular weight excluding hydrogens is 551 g/mol. The van der Waals surface area contributed by atoms with Gasteiger partial charge >= 0.3 is 16.1 Å². The van der Waals surface area contributed by atoms with Crippen molar-refractivity contribution in [1.29, 1.82) is 0 Å². The fraction of sp³-hybridized carbons (Fsp3) is 0. The van der Waals surface area contributed by atoms with Gasteiger partial charge in [-0.2, -0.15) is 8.42 Å². The number of carboxylic acids is 1. The number of hydrogen-bond acceptors (Lipinski definition) is 6. The fourth-order valence-corrected chi connectivity index (χ4v) is 5.11. The van der Waals surface area contributed by atoms with Gasteiger partial charge in [0.05, 0.1) is 5.56 Å². The Kier molecular flexibility index (Phi) is 6.10. The first-order valence-corrected chi connectivity index (χ1v) is 12.1. The number of benzene rings is 4. The van der Waals surface area contributed by atoms with E-state index in [0.717, 1.165) is 18.2 Å². The molecule has 39 heavy (non-hydrogen) atoms. The number of fused-ring (bicyclic) bond motifs is 2. The zero-order chi connectivity index (χ0) is 28.2. The lowest BCUT2D eigenvalue weighted by Crippen LogP contribution is -2.17. The fourth-order valence-electron chi connectivity index (χ4n) is 4.05. The van der Waals surface area contributed by atoms with Crippen LogP contribution >= 0.6 is 0 Å². The van der Waals surface area contributed by atoms with Crippen molar-refractivity contribution < 1.29 is 48.9 Å². The van der Waals surface area contributed by atoms with Crippen LogP contribution in [0, 0.1) is 29.1 Å². The molecule has 3 aromatic carbocycles. The molecule has 0 saturated heterocycles. The second-order valence-electron chi connectivity index (χ2n) is 8.08. The molecule has 0 saturated carbocycles. The van der Waals surface area contributed by atoms with E-state index >= 15 is 0 Å². The van der Waals surface area contributed by atoms with Crippen molar-refractivity contribution >= 4 is 27.1 Å². The molecule has 2 aliphatic rings. The molecule has 13 heteroatoms. The van der Waals surface area contributed by atoms with E-state index in [0.29, 0.717) is 11.1 Å². The van der Waals surface area contributed by atoms with Gasteiger partial charge in [0.2, 0.25) is 5.82 Å². The molecule has 198 valence electrons. The Morgan fingerprint density at radius 1 is 0.795 bits per heavy atom. The van der Waals surface area contributed by atoms with Gasteiger partial charge in [-0.05, 0) is 35.9 Å². The average Bonchev–Trinajstić information content (AvgIpc) is 2.89. The molecule has 0 atom stereocenters. The Morgan fingerprint density at radius 2 is 1.44 bits per heavy atom. The van der Waals surface area contributed by atoms with Crippen molar-refractivity contribution in [2.75, 3.05) is 0 Å². The second-order valence-corrected chi connectivity index (χ2v) is 9.56. The number of rotatable bonds is 5. The highest BCUT2D eigenvalue weighted by Gasteiger charge is 2.35. The Bertz CT molecular complexity index is 1940. The lowest BCUT2D eigenvalue weighted by molar-refractivity contribution is 0.0697. The molecule has 1 aliphatic carbocycles. The Balaban J connectivity index is 1.73. The van der Waals surface area contributed by atoms with Crippen LogP contribution in [0.2, 0.25) is 0 Å². The molecule has 0 aromatic heterocycles. The minimum absolute atomic E-state index is 0.0232. The molecule has 0 radical (unpaired) electrons. The van der Waals surface area contributed by atoms with Crippen molar-refractivity contribution in [2.24, 2.45) is 0 Å². The van der Waals surface area contributed by atoms with E-state index in [9.17, 15) is 45.1 Å². The highest BCUT2D eigenvalue weighted by Crippen LogP contribution is 2.42. The molecule has 0 fully saturated rings. The van der Waals surface area contributed by atoms with Gasteiger partial charge < -0.3 is 13.7 Å². The largest absolute Gasteiger partial charge is 0.478 e. The lowest BCUT2D eigenvalue weighted by atomic mass is 9.91. The van der Waals surface area contributed by atoms with Crippen molar-refractivity contribution in [1.82, 2.24) is 0 Å². The number of aromatic carboxylic acids is 1. The van der Waals surface area contributed by atoms with Crippen LogP contribution < -0.4 is 9.61 Å². The van der Waals surface area contributed by atoms with Crippen LogP contribution in [0.15, 0.2) is 74.8 Å². The van der Waals surface area contributed by atoms with E-state index in [-0.39, 0.29) is 27.9 Å². The third-order valence-electron chi connectivity index (χ3n) is 5.72. The molecule has 0 bridgehead atoms. The number of hydrogen-bond donors (Lipinski definition) is 1. The number of halogens is 5. The normalized spacial score (nSPS) is 11.7. The van der Waals surface area contributed by atoms with Gasteiger partial charge in [0.15, 0.2) is 33.6 Å². The van der Waals surface area contributed by atoms with Gasteiger partial charge in [-0.1, -0.05) is 18.2 Å². The van der Waals surface area contributed by atoms with Gasteiger partial charge in [0.1, 0.15) is 17.1 Å². The van der Waals surface area contributed by atoms with Gasteiger partial charge in [0.25, 0.3) is 0 Å². The molecule has 1 heterocycles. The van der Waals surface area contributed by atoms with Crippen LogP contribution in [0.3, 0.4) is 0 Å². The van der Waals surface area contributed by atoms with Crippen LogP contribution in [0.5, 0.6) is 5.75 Å². The first-order valence-electron chi connectivity index (χ1n) is 10.7. The van der Waals surface area contributed by atoms with Crippen LogP contribution in [-0.4, -0.2) is 19.5 Å². The highest BCUT2D eigenvalue weighted by molar-refractivity contribution is 7.87. The van der Waals surface area contributed by atoms with Gasteiger partial charge in [0, 0.05) is 28.6 Å². The van der Waals surface area contributed by atoms with Crippen molar-refractivity contribution in [2.45, 2.75) is 4.90 Å². The van der Waals surface area contributed by atoms with E-state index < -0.39 is 61.2 Å². The summed E-state index contributed by atoms with van der Waals surface area (Å²) < 4.78 is 104. The molecule has 5 rings (SSSR count). The zero-order valence-electron chi connectivity index (χ0n) is 19.0. The quantitative estimate of drug-likeness (QED) is 0.0958. The van der Waals surface area contributed by atoms with E-state index in [1.165, 1.54) is 36.4 Å². The summed E-state index contributed by atoms with van der Waals surface area (Å²) in [6, 6.07) is 12.8. The summed E-state index contributed by atoms with van der Waals surface area (Å²) in [5.74, 6) is -14.7. The molecule has 0 spiro atoms. The van der Waals surface area contributed by atoms with E-state index in [1.54, 1.807) is 6.07 Å².